The second-order valence-corrected chi connectivity index (χ2v) is 4.82. The van der Waals surface area contributed by atoms with Gasteiger partial charge in [-0.25, -0.2) is 0 Å². The molecule has 0 unspecified atom stereocenters. The van der Waals surface area contributed by atoms with E-state index in [1.807, 2.05) is 0 Å². The zero-order chi connectivity index (χ0) is 12.2. The highest BCUT2D eigenvalue weighted by Gasteiger charge is 2.27. The SMILES string of the molecule is Nc1nnc(SCC(=O)NCC(F)(F)F)s1. The summed E-state index contributed by atoms with van der Waals surface area (Å²) in [6, 6.07) is 0. The first kappa shape index (κ1) is 13.0. The summed E-state index contributed by atoms with van der Waals surface area (Å²) < 4.78 is 35.6. The summed E-state index contributed by atoms with van der Waals surface area (Å²) >= 11 is 2.06. The molecule has 0 fully saturated rings. The zero-order valence-corrected chi connectivity index (χ0v) is 9.38. The van der Waals surface area contributed by atoms with Gasteiger partial charge in [0.05, 0.1) is 5.75 Å². The molecule has 0 aliphatic rings. The van der Waals surface area contributed by atoms with Gasteiger partial charge in [0.25, 0.3) is 0 Å². The van der Waals surface area contributed by atoms with E-state index in [9.17, 15) is 18.0 Å². The van der Waals surface area contributed by atoms with Gasteiger partial charge in [-0.3, -0.25) is 4.79 Å². The molecule has 1 amide bonds. The molecule has 0 aliphatic carbocycles. The van der Waals surface area contributed by atoms with Crippen LogP contribution in [0.2, 0.25) is 0 Å². The predicted octanol–water partition coefficient (Wildman–Crippen LogP) is 0.891. The van der Waals surface area contributed by atoms with Crippen LogP contribution in [0.5, 0.6) is 0 Å². The third-order valence-electron chi connectivity index (χ3n) is 1.23. The Morgan fingerprint density at radius 3 is 2.69 bits per heavy atom. The van der Waals surface area contributed by atoms with E-state index in [2.05, 4.69) is 10.2 Å². The van der Waals surface area contributed by atoms with E-state index in [1.165, 1.54) is 0 Å². The predicted molar refractivity (Wildman–Crippen MR) is 54.1 cm³/mol. The Hall–Kier alpha value is -1.03. The number of carbonyl (C=O) groups is 1. The lowest BCUT2D eigenvalue weighted by Gasteiger charge is -2.07. The van der Waals surface area contributed by atoms with E-state index in [0.717, 1.165) is 23.1 Å². The molecule has 10 heteroatoms. The number of nitrogens with two attached hydrogens (primary N) is 1. The van der Waals surface area contributed by atoms with E-state index >= 15 is 0 Å². The van der Waals surface area contributed by atoms with Crippen LogP contribution < -0.4 is 11.1 Å². The third-order valence-corrected chi connectivity index (χ3v) is 3.12. The van der Waals surface area contributed by atoms with Crippen molar-refractivity contribution in [1.29, 1.82) is 0 Å². The molecule has 0 bridgehead atoms. The number of aromatic nitrogens is 2. The third kappa shape index (κ3) is 5.16. The number of rotatable bonds is 4. The zero-order valence-electron chi connectivity index (χ0n) is 7.74. The number of halogens is 3. The molecule has 0 aliphatic heterocycles. The fourth-order valence-electron chi connectivity index (χ4n) is 0.656. The molecule has 0 saturated carbocycles. The minimum Gasteiger partial charge on any atom is -0.374 e. The van der Waals surface area contributed by atoms with Crippen LogP contribution in [0, 0.1) is 0 Å². The highest BCUT2D eigenvalue weighted by atomic mass is 32.2. The van der Waals surface area contributed by atoms with Crippen LogP contribution in [0.1, 0.15) is 0 Å². The Morgan fingerprint density at radius 2 is 2.19 bits per heavy atom. The molecule has 16 heavy (non-hydrogen) atoms. The van der Waals surface area contributed by atoms with Crippen LogP contribution in [-0.4, -0.2) is 34.6 Å². The number of alkyl halides is 3. The fourth-order valence-corrected chi connectivity index (χ4v) is 2.12. The summed E-state index contributed by atoms with van der Waals surface area (Å²) in [5.74, 6) is -0.860. The number of anilines is 1. The lowest BCUT2D eigenvalue weighted by Crippen LogP contribution is -2.34. The molecule has 1 heterocycles. The van der Waals surface area contributed by atoms with Crippen LogP contribution in [0.15, 0.2) is 4.34 Å². The van der Waals surface area contributed by atoms with Gasteiger partial charge in [0, 0.05) is 0 Å². The summed E-state index contributed by atoms with van der Waals surface area (Å²) in [6.07, 6.45) is -4.40. The Kier molecular flexibility index (Phi) is 4.35. The minimum absolute atomic E-state index is 0.148. The van der Waals surface area contributed by atoms with Crippen LogP contribution in [0.4, 0.5) is 18.3 Å². The molecule has 0 saturated heterocycles. The van der Waals surface area contributed by atoms with Crippen molar-refractivity contribution in [3.8, 4) is 0 Å². The number of thioether (sulfide) groups is 1. The van der Waals surface area contributed by atoms with Crippen molar-refractivity contribution in [3.05, 3.63) is 0 Å². The quantitative estimate of drug-likeness (QED) is 0.796. The molecule has 1 rings (SSSR count). The van der Waals surface area contributed by atoms with Crippen molar-refractivity contribution in [2.75, 3.05) is 18.0 Å². The number of hydrogen-bond acceptors (Lipinski definition) is 6. The van der Waals surface area contributed by atoms with Crippen molar-refractivity contribution in [2.45, 2.75) is 10.5 Å². The summed E-state index contributed by atoms with van der Waals surface area (Å²) in [5.41, 5.74) is 5.28. The fraction of sp³-hybridized carbons (Fsp3) is 0.500. The highest BCUT2D eigenvalue weighted by molar-refractivity contribution is 8.01. The van der Waals surface area contributed by atoms with Crippen LogP contribution in [-0.2, 0) is 4.79 Å². The molecular formula is C6H7F3N4OS2. The molecule has 3 N–H and O–H groups in total. The van der Waals surface area contributed by atoms with E-state index < -0.39 is 18.6 Å². The second-order valence-electron chi connectivity index (χ2n) is 2.59. The molecule has 0 aromatic carbocycles. The van der Waals surface area contributed by atoms with Gasteiger partial charge in [-0.05, 0) is 0 Å². The number of hydrogen-bond donors (Lipinski definition) is 2. The Balaban J connectivity index is 2.25. The minimum atomic E-state index is -4.40. The topological polar surface area (TPSA) is 80.9 Å². The van der Waals surface area contributed by atoms with Crippen molar-refractivity contribution in [2.24, 2.45) is 0 Å². The van der Waals surface area contributed by atoms with Crippen molar-refractivity contribution in [1.82, 2.24) is 15.5 Å². The summed E-state index contributed by atoms with van der Waals surface area (Å²) in [5, 5.41) is 9.08. The van der Waals surface area contributed by atoms with Gasteiger partial charge in [0.1, 0.15) is 6.54 Å². The number of nitrogens with one attached hydrogen (secondary N) is 1. The van der Waals surface area contributed by atoms with Gasteiger partial charge < -0.3 is 11.1 Å². The van der Waals surface area contributed by atoms with Crippen LogP contribution in [0.25, 0.3) is 0 Å². The van der Waals surface area contributed by atoms with Crippen molar-refractivity contribution < 1.29 is 18.0 Å². The second kappa shape index (κ2) is 5.34. The summed E-state index contributed by atoms with van der Waals surface area (Å²) in [4.78, 5) is 11.0. The van der Waals surface area contributed by atoms with Gasteiger partial charge in [-0.2, -0.15) is 13.2 Å². The molecule has 1 aromatic heterocycles. The van der Waals surface area contributed by atoms with Gasteiger partial charge in [0.2, 0.25) is 11.0 Å². The number of nitrogen functional groups attached to an aromatic ring is 1. The number of carbonyl (C=O) groups excluding carboxylic acids is 1. The Bertz CT molecular complexity index is 367. The first-order valence-corrected chi connectivity index (χ1v) is 5.72. The average Bonchev–Trinajstić information content (AvgIpc) is 2.57. The lowest BCUT2D eigenvalue weighted by molar-refractivity contribution is -0.136. The molecule has 0 spiro atoms. The largest absolute Gasteiger partial charge is 0.405 e. The molecule has 90 valence electrons. The van der Waals surface area contributed by atoms with Gasteiger partial charge in [-0.1, -0.05) is 23.1 Å². The highest BCUT2D eigenvalue weighted by Crippen LogP contribution is 2.23. The molecule has 1 aromatic rings. The maximum absolute atomic E-state index is 11.7. The molecular weight excluding hydrogens is 265 g/mol. The van der Waals surface area contributed by atoms with Crippen molar-refractivity contribution in [3.63, 3.8) is 0 Å². The molecule has 0 radical (unpaired) electrons. The van der Waals surface area contributed by atoms with E-state index in [-0.39, 0.29) is 10.9 Å². The van der Waals surface area contributed by atoms with Crippen LogP contribution >= 0.6 is 23.1 Å². The maximum Gasteiger partial charge on any atom is 0.405 e. The molecule has 0 atom stereocenters. The number of amides is 1. The summed E-state index contributed by atoms with van der Waals surface area (Å²) in [6.45, 7) is -1.33. The first-order chi connectivity index (χ1) is 7.37. The Morgan fingerprint density at radius 1 is 1.50 bits per heavy atom. The monoisotopic (exact) mass is 272 g/mol. The Labute approximate surface area is 96.6 Å². The maximum atomic E-state index is 11.7. The van der Waals surface area contributed by atoms with Gasteiger partial charge in [-0.15, -0.1) is 10.2 Å². The van der Waals surface area contributed by atoms with Crippen LogP contribution in [0.3, 0.4) is 0 Å². The van der Waals surface area contributed by atoms with Crippen molar-refractivity contribution >= 4 is 34.1 Å². The summed E-state index contributed by atoms with van der Waals surface area (Å²) in [7, 11) is 0. The smallest absolute Gasteiger partial charge is 0.374 e. The standard InChI is InChI=1S/C6H7F3N4OS2/c7-6(8,9)2-11-3(14)1-15-5-13-12-4(10)16-5/h1-2H2,(H2,10,12)(H,11,14). The average molecular weight is 272 g/mol. The van der Waals surface area contributed by atoms with E-state index in [0.29, 0.717) is 4.34 Å². The number of nitrogens with zero attached hydrogens (tertiary/aromatic N) is 2. The van der Waals surface area contributed by atoms with Gasteiger partial charge in [0.15, 0.2) is 4.34 Å². The van der Waals surface area contributed by atoms with Gasteiger partial charge >= 0.3 is 6.18 Å². The molecule has 5 nitrogen and oxygen atoms in total. The first-order valence-electron chi connectivity index (χ1n) is 3.92. The van der Waals surface area contributed by atoms with E-state index in [1.54, 1.807) is 5.32 Å². The lowest BCUT2D eigenvalue weighted by atomic mass is 10.6. The normalized spacial score (nSPS) is 11.4. The van der Waals surface area contributed by atoms with E-state index in [4.69, 9.17) is 5.73 Å².